The minimum absolute atomic E-state index is 0.653. The largest absolute Gasteiger partial charge is 0.258 e. The van der Waals surface area contributed by atoms with Gasteiger partial charge in [-0.05, 0) is 30.0 Å². The summed E-state index contributed by atoms with van der Waals surface area (Å²) in [5.41, 5.74) is 5.55. The van der Waals surface area contributed by atoms with Crippen LogP contribution in [0.5, 0.6) is 0 Å². The fraction of sp³-hybridized carbons (Fsp3) is 0.125. The second-order valence-corrected chi connectivity index (χ2v) is 3.23. The average Bonchev–Trinajstić information content (AvgIpc) is 2.77. The van der Waals surface area contributed by atoms with E-state index in [-0.39, 0.29) is 0 Å². The molecule has 13 heavy (non-hydrogen) atoms. The molecule has 1 N–H and O–H groups in total. The molecule has 4 nitrogen and oxygen atoms in total. The van der Waals surface area contributed by atoms with Gasteiger partial charge in [-0.25, -0.2) is 0 Å². The van der Waals surface area contributed by atoms with Crippen LogP contribution >= 0.6 is 11.8 Å². The number of fused-ring (bicyclic) bond motifs is 1. The lowest BCUT2D eigenvalue weighted by atomic mass is 10.2. The fourth-order valence-corrected chi connectivity index (χ4v) is 1.24. The van der Waals surface area contributed by atoms with Crippen molar-refractivity contribution in [2.75, 3.05) is 12.1 Å². The van der Waals surface area contributed by atoms with Gasteiger partial charge >= 0.3 is 0 Å². The number of hydrazine groups is 2. The molecule has 2 rings (SSSR count). The topological polar surface area (TPSA) is 42.1 Å². The molecule has 0 atom stereocenters. The van der Waals surface area contributed by atoms with Crippen LogP contribution in [-0.4, -0.2) is 11.6 Å². The summed E-state index contributed by atoms with van der Waals surface area (Å²) < 4.78 is 1.33. The third kappa shape index (κ3) is 1.45. The molecule has 0 bridgehead atoms. The quantitative estimate of drug-likeness (QED) is 0.440. The lowest BCUT2D eigenvalue weighted by Gasteiger charge is -2.09. The van der Waals surface area contributed by atoms with Crippen molar-refractivity contribution < 1.29 is 0 Å². The molecule has 1 aliphatic heterocycles. The van der Waals surface area contributed by atoms with E-state index in [0.717, 1.165) is 11.4 Å². The highest BCUT2D eigenvalue weighted by atomic mass is 35.5. The lowest BCUT2D eigenvalue weighted by Crippen LogP contribution is -2.32. The third-order valence-electron chi connectivity index (χ3n) is 1.77. The van der Waals surface area contributed by atoms with E-state index in [1.165, 1.54) is 4.53 Å². The Hall–Kier alpha value is -1.28. The summed E-state index contributed by atoms with van der Waals surface area (Å²) >= 11 is 5.59. The zero-order valence-electron chi connectivity index (χ0n) is 6.95. The molecule has 5 heteroatoms. The van der Waals surface area contributed by atoms with Gasteiger partial charge in [0.15, 0.2) is 0 Å². The maximum atomic E-state index is 8.63. The molecular weight excluding hydrogens is 188 g/mol. The Kier molecular flexibility index (Phi) is 1.85. The van der Waals surface area contributed by atoms with Crippen LogP contribution in [0.15, 0.2) is 18.2 Å². The van der Waals surface area contributed by atoms with Gasteiger partial charge in [-0.1, -0.05) is 0 Å². The van der Waals surface area contributed by atoms with Crippen molar-refractivity contribution in [3.63, 3.8) is 0 Å². The van der Waals surface area contributed by atoms with Crippen molar-refractivity contribution in [2.24, 2.45) is 0 Å². The Bertz CT molecular complexity index is 382. The Balaban J connectivity index is 2.15. The molecule has 0 aliphatic carbocycles. The van der Waals surface area contributed by atoms with Gasteiger partial charge in [0.05, 0.1) is 23.0 Å². The first-order valence-corrected chi connectivity index (χ1v) is 4.06. The molecule has 1 heterocycles. The van der Waals surface area contributed by atoms with Gasteiger partial charge in [0.2, 0.25) is 0 Å². The van der Waals surface area contributed by atoms with Crippen LogP contribution in [0.1, 0.15) is 5.56 Å². The monoisotopic (exact) mass is 194 g/mol. The van der Waals surface area contributed by atoms with Crippen LogP contribution in [-0.2, 0) is 0 Å². The molecule has 1 aromatic carbocycles. The predicted molar refractivity (Wildman–Crippen MR) is 50.0 cm³/mol. The number of nitrogens with zero attached hydrogens (tertiary/aromatic N) is 3. The normalized spacial score (nSPS) is 12.6. The first kappa shape index (κ1) is 8.32. The summed E-state index contributed by atoms with van der Waals surface area (Å²) in [6.45, 7) is 0. The fourth-order valence-electron chi connectivity index (χ4n) is 1.17. The SMILES string of the molecule is CN(Cl)NN1c2ccc(C#N)cc21. The summed E-state index contributed by atoms with van der Waals surface area (Å²) in [5, 5.41) is 10.4. The minimum Gasteiger partial charge on any atom is -0.258 e. The van der Waals surface area contributed by atoms with Gasteiger partial charge in [0, 0.05) is 7.05 Å². The number of nitrogens with one attached hydrogen (secondary N) is 1. The molecule has 0 spiro atoms. The Morgan fingerprint density at radius 1 is 1.54 bits per heavy atom. The number of hydrogen-bond acceptors (Lipinski definition) is 4. The number of anilines is 2. The van der Waals surface area contributed by atoms with Crippen molar-refractivity contribution in [2.45, 2.75) is 0 Å². The van der Waals surface area contributed by atoms with Crippen molar-refractivity contribution in [3.8, 4) is 6.07 Å². The summed E-state index contributed by atoms with van der Waals surface area (Å²) in [6.07, 6.45) is 0. The van der Waals surface area contributed by atoms with E-state index in [9.17, 15) is 0 Å². The minimum atomic E-state index is 0.653. The van der Waals surface area contributed by atoms with Crippen LogP contribution in [0.2, 0.25) is 0 Å². The van der Waals surface area contributed by atoms with Gasteiger partial charge in [-0.2, -0.15) is 5.26 Å². The molecule has 0 fully saturated rings. The van der Waals surface area contributed by atoms with E-state index < -0.39 is 0 Å². The van der Waals surface area contributed by atoms with Crippen molar-refractivity contribution in [1.82, 2.24) is 10.1 Å². The third-order valence-corrected chi connectivity index (χ3v) is 1.85. The van der Waals surface area contributed by atoms with Gasteiger partial charge in [0.25, 0.3) is 0 Å². The van der Waals surface area contributed by atoms with Crippen molar-refractivity contribution in [3.05, 3.63) is 23.8 Å². The zero-order valence-corrected chi connectivity index (χ0v) is 7.71. The average molecular weight is 195 g/mol. The Morgan fingerprint density at radius 3 is 2.92 bits per heavy atom. The van der Waals surface area contributed by atoms with E-state index >= 15 is 0 Å². The van der Waals surface area contributed by atoms with Crippen molar-refractivity contribution >= 4 is 23.2 Å². The molecule has 0 amide bonds. The lowest BCUT2D eigenvalue weighted by molar-refractivity contribution is 0.419. The van der Waals surface area contributed by atoms with E-state index in [2.05, 4.69) is 11.6 Å². The Labute approximate surface area is 81.0 Å². The van der Waals surface area contributed by atoms with E-state index in [1.54, 1.807) is 18.1 Å². The first-order valence-electron chi connectivity index (χ1n) is 3.72. The Morgan fingerprint density at radius 2 is 2.31 bits per heavy atom. The summed E-state index contributed by atoms with van der Waals surface area (Å²) in [7, 11) is 1.69. The number of nitriles is 1. The molecule has 0 unspecified atom stereocenters. The second-order valence-electron chi connectivity index (χ2n) is 2.73. The zero-order chi connectivity index (χ0) is 9.42. The molecule has 66 valence electrons. The van der Waals surface area contributed by atoms with Gasteiger partial charge in [-0.3, -0.25) is 5.01 Å². The number of rotatable bonds is 2. The van der Waals surface area contributed by atoms with Gasteiger partial charge in [0.1, 0.15) is 0 Å². The molecule has 1 aromatic rings. The summed E-state index contributed by atoms with van der Waals surface area (Å²) in [5.74, 6) is 0. The van der Waals surface area contributed by atoms with Gasteiger partial charge < -0.3 is 0 Å². The molecule has 0 saturated carbocycles. The van der Waals surface area contributed by atoms with Crippen LogP contribution in [0, 0.1) is 11.3 Å². The molecule has 0 saturated heterocycles. The van der Waals surface area contributed by atoms with E-state index in [0.29, 0.717) is 5.56 Å². The van der Waals surface area contributed by atoms with Crippen LogP contribution in [0.3, 0.4) is 0 Å². The maximum Gasteiger partial charge on any atom is 0.0992 e. The second kappa shape index (κ2) is 2.89. The van der Waals surface area contributed by atoms with Crippen LogP contribution in [0.25, 0.3) is 0 Å². The highest BCUT2D eigenvalue weighted by Gasteiger charge is 2.29. The smallest absolute Gasteiger partial charge is 0.0992 e. The van der Waals surface area contributed by atoms with Crippen molar-refractivity contribution in [1.29, 1.82) is 5.26 Å². The number of benzene rings is 1. The first-order chi connectivity index (χ1) is 6.22. The molecule has 1 aliphatic rings. The standard InChI is InChI=1S/C8H7ClN4/c1-12(9)11-13-7-3-2-6(5-10)4-8(7)13/h2-4,11H,1H3. The highest BCUT2D eigenvalue weighted by molar-refractivity contribution is 6.13. The summed E-state index contributed by atoms with van der Waals surface area (Å²) in [6, 6.07) is 7.53. The highest BCUT2D eigenvalue weighted by Crippen LogP contribution is 2.46. The molecule has 0 radical (unpaired) electrons. The van der Waals surface area contributed by atoms with Crippen LogP contribution < -0.4 is 10.5 Å². The molecular formula is C8H7ClN4. The predicted octanol–water partition coefficient (Wildman–Crippen LogP) is 1.51. The van der Waals surface area contributed by atoms with Crippen LogP contribution in [0.4, 0.5) is 11.4 Å². The maximum absolute atomic E-state index is 8.63. The van der Waals surface area contributed by atoms with E-state index in [1.807, 2.05) is 12.1 Å². The number of hydrogen-bond donors (Lipinski definition) is 1. The molecule has 0 aromatic heterocycles. The van der Waals surface area contributed by atoms with Gasteiger partial charge in [-0.15, -0.1) is 10.1 Å². The summed E-state index contributed by atoms with van der Waals surface area (Å²) in [4.78, 5) is 0. The number of halogens is 1. The van der Waals surface area contributed by atoms with E-state index in [4.69, 9.17) is 17.0 Å².